The number of rotatable bonds is 6. The quantitative estimate of drug-likeness (QED) is 0.371. The zero-order valence-electron chi connectivity index (χ0n) is 19.3. The predicted octanol–water partition coefficient (Wildman–Crippen LogP) is 4.73. The van der Waals surface area contributed by atoms with E-state index in [0.717, 1.165) is 34.6 Å². The Bertz CT molecular complexity index is 1470. The molecule has 2 aromatic heterocycles. The highest BCUT2D eigenvalue weighted by Crippen LogP contribution is 2.42. The van der Waals surface area contributed by atoms with Crippen LogP contribution in [0.15, 0.2) is 91.3 Å². The van der Waals surface area contributed by atoms with Crippen LogP contribution >= 0.6 is 12.2 Å². The first-order valence-electron chi connectivity index (χ1n) is 11.1. The molecule has 0 aliphatic carbocycles. The van der Waals surface area contributed by atoms with Crippen molar-refractivity contribution >= 4 is 38.7 Å². The van der Waals surface area contributed by atoms with Crippen LogP contribution in [0.4, 0.5) is 11.4 Å². The molecule has 0 bridgehead atoms. The van der Waals surface area contributed by atoms with Crippen LogP contribution < -0.4 is 14.9 Å². The number of anilines is 2. The lowest BCUT2D eigenvalue weighted by Gasteiger charge is -2.29. The van der Waals surface area contributed by atoms with E-state index in [-0.39, 0.29) is 12.1 Å². The number of hydrogen-bond acceptors (Lipinski definition) is 4. The molecule has 7 nitrogen and oxygen atoms in total. The zero-order valence-corrected chi connectivity index (χ0v) is 20.9. The molecule has 0 spiro atoms. The second-order valence-electron chi connectivity index (χ2n) is 8.51. The zero-order chi connectivity index (χ0) is 24.6. The smallest absolute Gasteiger partial charge is 0.229 e. The summed E-state index contributed by atoms with van der Waals surface area (Å²) < 4.78 is 28.0. The van der Waals surface area contributed by atoms with E-state index in [0.29, 0.717) is 10.8 Å². The van der Waals surface area contributed by atoms with Gasteiger partial charge in [-0.25, -0.2) is 8.42 Å². The van der Waals surface area contributed by atoms with Gasteiger partial charge < -0.3 is 14.8 Å². The fourth-order valence-electron chi connectivity index (χ4n) is 4.53. The molecule has 4 aromatic rings. The van der Waals surface area contributed by atoms with Crippen LogP contribution in [0.2, 0.25) is 0 Å². The van der Waals surface area contributed by atoms with Crippen LogP contribution in [0.25, 0.3) is 5.69 Å². The van der Waals surface area contributed by atoms with Crippen LogP contribution in [-0.4, -0.2) is 29.3 Å². The maximum atomic E-state index is 11.6. The normalized spacial score (nSPS) is 17.9. The molecule has 1 aliphatic rings. The Morgan fingerprint density at radius 3 is 2.40 bits per heavy atom. The molecule has 2 aromatic carbocycles. The third kappa shape index (κ3) is 4.65. The first-order chi connectivity index (χ1) is 16.8. The van der Waals surface area contributed by atoms with Gasteiger partial charge in [0.1, 0.15) is 6.04 Å². The summed E-state index contributed by atoms with van der Waals surface area (Å²) in [4.78, 5) is 6.70. The van der Waals surface area contributed by atoms with Gasteiger partial charge in [0.2, 0.25) is 10.0 Å². The molecular formula is C26H25N5O2S2. The number of benzene rings is 2. The highest BCUT2D eigenvalue weighted by molar-refractivity contribution is 7.92. The largest absolute Gasteiger partial charge is 0.351 e. The standard InChI is InChI=1S/C26H25N5O2S2/c1-18-8-3-4-10-22(18)30-17-7-11-23(30)25-24(21-9-5-6-16-27-21)28-26(34)31(25)20-14-12-19(13-15-20)29-35(2,32)33/h3-17,24-25,29H,1-2H3,(H,28,34)/t24-,25+/m1/s1. The van der Waals surface area contributed by atoms with Gasteiger partial charge in [0.15, 0.2) is 5.11 Å². The van der Waals surface area contributed by atoms with E-state index in [2.05, 4.69) is 55.8 Å². The predicted molar refractivity (Wildman–Crippen MR) is 143 cm³/mol. The van der Waals surface area contributed by atoms with Crippen molar-refractivity contribution < 1.29 is 8.42 Å². The maximum absolute atomic E-state index is 11.6. The lowest BCUT2D eigenvalue weighted by Crippen LogP contribution is -2.30. The van der Waals surface area contributed by atoms with E-state index < -0.39 is 10.0 Å². The fraction of sp³-hybridized carbons (Fsp3) is 0.154. The van der Waals surface area contributed by atoms with Crippen LogP contribution in [-0.2, 0) is 10.0 Å². The van der Waals surface area contributed by atoms with Crippen molar-refractivity contribution in [3.63, 3.8) is 0 Å². The number of thiocarbonyl (C=S) groups is 1. The van der Waals surface area contributed by atoms with Gasteiger partial charge >= 0.3 is 0 Å². The molecule has 1 aliphatic heterocycles. The number of hydrogen-bond donors (Lipinski definition) is 2. The fourth-order valence-corrected chi connectivity index (χ4v) is 5.44. The second-order valence-corrected chi connectivity index (χ2v) is 10.6. The molecule has 35 heavy (non-hydrogen) atoms. The topological polar surface area (TPSA) is 79.3 Å². The molecule has 178 valence electrons. The van der Waals surface area contributed by atoms with Gasteiger partial charge in [0.05, 0.1) is 18.0 Å². The highest BCUT2D eigenvalue weighted by Gasteiger charge is 2.42. The number of nitrogens with one attached hydrogen (secondary N) is 2. The second kappa shape index (κ2) is 9.16. The Hall–Kier alpha value is -3.69. The first kappa shape index (κ1) is 23.1. The third-order valence-electron chi connectivity index (χ3n) is 6.01. The number of pyridine rings is 1. The van der Waals surface area contributed by atoms with Gasteiger partial charge in [0.25, 0.3) is 0 Å². The lowest BCUT2D eigenvalue weighted by atomic mass is 10.0. The highest BCUT2D eigenvalue weighted by atomic mass is 32.2. The van der Waals surface area contributed by atoms with E-state index in [1.54, 1.807) is 18.3 Å². The summed E-state index contributed by atoms with van der Waals surface area (Å²) >= 11 is 5.82. The van der Waals surface area contributed by atoms with Crippen molar-refractivity contribution in [3.8, 4) is 5.69 Å². The summed E-state index contributed by atoms with van der Waals surface area (Å²) in [6.07, 6.45) is 4.98. The van der Waals surface area contributed by atoms with Crippen LogP contribution in [0.1, 0.15) is 29.0 Å². The summed E-state index contributed by atoms with van der Waals surface area (Å²) in [7, 11) is -3.36. The molecule has 9 heteroatoms. The Morgan fingerprint density at radius 1 is 0.971 bits per heavy atom. The molecule has 1 fully saturated rings. The maximum Gasteiger partial charge on any atom is 0.229 e. The van der Waals surface area contributed by atoms with E-state index in [4.69, 9.17) is 12.2 Å². The molecular weight excluding hydrogens is 478 g/mol. The van der Waals surface area contributed by atoms with E-state index in [1.807, 2.05) is 48.5 Å². The molecule has 2 N–H and O–H groups in total. The van der Waals surface area contributed by atoms with Gasteiger partial charge in [-0.15, -0.1) is 0 Å². The van der Waals surface area contributed by atoms with Crippen molar-refractivity contribution in [1.29, 1.82) is 0 Å². The SMILES string of the molecule is Cc1ccccc1-n1cccc1[C@H]1[C@@H](c2ccccn2)NC(=S)N1c1ccc(NS(C)(=O)=O)cc1. The number of nitrogens with zero attached hydrogens (tertiary/aromatic N) is 3. The van der Waals surface area contributed by atoms with Gasteiger partial charge in [-0.2, -0.15) is 0 Å². The summed E-state index contributed by atoms with van der Waals surface area (Å²) in [6.45, 7) is 2.10. The summed E-state index contributed by atoms with van der Waals surface area (Å²) in [5.74, 6) is 0. The summed E-state index contributed by atoms with van der Waals surface area (Å²) in [5, 5.41) is 4.05. The van der Waals surface area contributed by atoms with E-state index in [1.165, 1.54) is 0 Å². The first-order valence-corrected chi connectivity index (χ1v) is 13.4. The Morgan fingerprint density at radius 2 is 1.71 bits per heavy atom. The molecule has 3 heterocycles. The third-order valence-corrected chi connectivity index (χ3v) is 6.93. The van der Waals surface area contributed by atoms with Crippen molar-refractivity contribution in [2.24, 2.45) is 0 Å². The molecule has 2 atom stereocenters. The molecule has 1 saturated heterocycles. The number of para-hydroxylation sites is 1. The molecule has 0 amide bonds. The molecule has 0 radical (unpaired) electrons. The minimum Gasteiger partial charge on any atom is -0.351 e. The Kier molecular flexibility index (Phi) is 6.04. The Labute approximate surface area is 210 Å². The van der Waals surface area contributed by atoms with Gasteiger partial charge in [-0.3, -0.25) is 9.71 Å². The molecule has 0 saturated carbocycles. The van der Waals surface area contributed by atoms with Gasteiger partial charge in [0, 0.05) is 35.1 Å². The average Bonchev–Trinajstić information content (AvgIpc) is 3.44. The minimum absolute atomic E-state index is 0.185. The minimum atomic E-state index is -3.36. The summed E-state index contributed by atoms with van der Waals surface area (Å²) in [6, 6.07) is 25.1. The summed E-state index contributed by atoms with van der Waals surface area (Å²) in [5.41, 5.74) is 5.54. The van der Waals surface area contributed by atoms with Crippen molar-refractivity contribution in [2.45, 2.75) is 19.0 Å². The number of aryl methyl sites for hydroxylation is 1. The monoisotopic (exact) mass is 503 g/mol. The van der Waals surface area contributed by atoms with Crippen molar-refractivity contribution in [2.75, 3.05) is 15.9 Å². The number of sulfonamides is 1. The van der Waals surface area contributed by atoms with Gasteiger partial charge in [-0.1, -0.05) is 24.3 Å². The van der Waals surface area contributed by atoms with Crippen LogP contribution in [0.3, 0.4) is 0 Å². The van der Waals surface area contributed by atoms with E-state index >= 15 is 0 Å². The Balaban J connectivity index is 1.62. The van der Waals surface area contributed by atoms with E-state index in [9.17, 15) is 8.42 Å². The molecule has 0 unspecified atom stereocenters. The van der Waals surface area contributed by atoms with Crippen molar-refractivity contribution in [1.82, 2.24) is 14.9 Å². The van der Waals surface area contributed by atoms with Crippen LogP contribution in [0.5, 0.6) is 0 Å². The van der Waals surface area contributed by atoms with Crippen LogP contribution in [0, 0.1) is 6.92 Å². The number of aromatic nitrogens is 2. The molecule has 5 rings (SSSR count). The van der Waals surface area contributed by atoms with Crippen molar-refractivity contribution in [3.05, 3.63) is 108 Å². The lowest BCUT2D eigenvalue weighted by molar-refractivity contribution is 0.549. The average molecular weight is 504 g/mol. The van der Waals surface area contributed by atoms with Gasteiger partial charge in [-0.05, 0) is 79.3 Å².